The van der Waals surface area contributed by atoms with E-state index in [0.717, 1.165) is 0 Å². The Morgan fingerprint density at radius 2 is 1.82 bits per heavy atom. The highest BCUT2D eigenvalue weighted by atomic mass is 19.4. The minimum absolute atomic E-state index is 0.218. The fourth-order valence-corrected chi connectivity index (χ4v) is 3.09. The second kappa shape index (κ2) is 8.14. The number of nitrogens with zero attached hydrogens (tertiary/aromatic N) is 2. The molecule has 2 rings (SSSR count). The van der Waals surface area contributed by atoms with Crippen molar-refractivity contribution < 1.29 is 37.1 Å². The molecule has 0 saturated carbocycles. The first kappa shape index (κ1) is 22.3. The highest BCUT2D eigenvalue weighted by Crippen LogP contribution is 2.46. The number of amidine groups is 1. The van der Waals surface area contributed by atoms with E-state index >= 15 is 0 Å². The summed E-state index contributed by atoms with van der Waals surface area (Å²) in [4.78, 5) is 29.7. The van der Waals surface area contributed by atoms with Crippen LogP contribution in [0.25, 0.3) is 0 Å². The summed E-state index contributed by atoms with van der Waals surface area (Å²) in [5.41, 5.74) is 2.38. The van der Waals surface area contributed by atoms with E-state index < -0.39 is 54.0 Å². The Morgan fingerprint density at radius 3 is 2.29 bits per heavy atom. The molecule has 0 radical (unpaired) electrons. The van der Waals surface area contributed by atoms with Crippen LogP contribution in [0.5, 0.6) is 0 Å². The molecule has 2 aliphatic rings. The molecule has 0 bridgehead atoms. The smallest absolute Gasteiger partial charge is 0.410 e. The van der Waals surface area contributed by atoms with Crippen LogP contribution in [0.3, 0.4) is 0 Å². The number of hydrogen-bond acceptors (Lipinski definition) is 6. The predicted octanol–water partition coefficient (Wildman–Crippen LogP) is 2.56. The first-order chi connectivity index (χ1) is 12.9. The maximum absolute atomic E-state index is 13.8. The van der Waals surface area contributed by atoms with Crippen LogP contribution >= 0.6 is 0 Å². The predicted molar refractivity (Wildman–Crippen MR) is 92.2 cm³/mol. The quantitative estimate of drug-likeness (QED) is 0.333. The molecule has 160 valence electrons. The Morgan fingerprint density at radius 1 is 1.21 bits per heavy atom. The lowest BCUT2D eigenvalue weighted by molar-refractivity contribution is -0.210. The third-order valence-electron chi connectivity index (χ3n) is 4.73. The van der Waals surface area contributed by atoms with Crippen molar-refractivity contribution in [3.8, 4) is 0 Å². The molecule has 2 aliphatic heterocycles. The molecule has 1 atom stereocenters. The number of carbonyl (C=O) groups is 2. The van der Waals surface area contributed by atoms with Crippen LogP contribution in [-0.4, -0.2) is 60.4 Å². The van der Waals surface area contributed by atoms with Gasteiger partial charge in [0.2, 0.25) is 0 Å². The van der Waals surface area contributed by atoms with E-state index in [1.807, 2.05) is 0 Å². The molecule has 2 saturated heterocycles. The number of nitrogens with two attached hydrogens (primary N) is 1. The molecular weight excluding hydrogens is 383 g/mol. The van der Waals surface area contributed by atoms with E-state index in [0.29, 0.717) is 19.4 Å². The van der Waals surface area contributed by atoms with Gasteiger partial charge in [-0.05, 0) is 46.5 Å². The van der Waals surface area contributed by atoms with Crippen molar-refractivity contribution in [2.45, 2.75) is 64.3 Å². The van der Waals surface area contributed by atoms with E-state index in [1.165, 1.54) is 4.90 Å². The number of halogens is 3. The number of ether oxygens (including phenoxy) is 2. The molecule has 0 aromatic carbocycles. The van der Waals surface area contributed by atoms with Crippen LogP contribution in [0.1, 0.15) is 46.5 Å². The summed E-state index contributed by atoms with van der Waals surface area (Å²) in [5, 5.41) is 3.27. The van der Waals surface area contributed by atoms with Crippen LogP contribution in [-0.2, 0) is 19.1 Å². The normalized spacial score (nSPS) is 23.4. The fourth-order valence-electron chi connectivity index (χ4n) is 3.09. The lowest BCUT2D eigenvalue weighted by Gasteiger charge is -2.41. The third kappa shape index (κ3) is 5.06. The monoisotopic (exact) mass is 409 g/mol. The third-order valence-corrected chi connectivity index (χ3v) is 4.73. The van der Waals surface area contributed by atoms with Gasteiger partial charge in [0.05, 0.1) is 0 Å². The van der Waals surface area contributed by atoms with Gasteiger partial charge >= 0.3 is 18.2 Å². The second-order valence-electron chi connectivity index (χ2n) is 7.94. The summed E-state index contributed by atoms with van der Waals surface area (Å²) in [6.45, 7) is 4.95. The van der Waals surface area contributed by atoms with Crippen LogP contribution in [0, 0.1) is 5.41 Å². The number of carbonyl (C=O) groups excluding carboxylic acids is 2. The number of alkyl halides is 3. The molecule has 1 amide bonds. The molecule has 2 N–H and O–H groups in total. The molecule has 0 aliphatic carbocycles. The maximum atomic E-state index is 13.8. The van der Waals surface area contributed by atoms with E-state index in [2.05, 4.69) is 9.99 Å². The fraction of sp³-hybridized carbons (Fsp3) is 0.824. The van der Waals surface area contributed by atoms with Crippen LogP contribution < -0.4 is 5.73 Å². The molecule has 2 heterocycles. The second-order valence-corrected chi connectivity index (χ2v) is 7.94. The zero-order valence-electron chi connectivity index (χ0n) is 16.2. The zero-order chi connectivity index (χ0) is 21.2. The Bertz CT molecular complexity index is 617. The molecule has 0 aromatic rings. The van der Waals surface area contributed by atoms with E-state index in [-0.39, 0.29) is 13.1 Å². The van der Waals surface area contributed by atoms with Crippen molar-refractivity contribution in [2.24, 2.45) is 16.3 Å². The number of amides is 1. The number of rotatable bonds is 3. The molecule has 1 unspecified atom stereocenters. The largest absolute Gasteiger partial charge is 0.444 e. The van der Waals surface area contributed by atoms with Crippen molar-refractivity contribution in [3.05, 3.63) is 0 Å². The first-order valence-corrected chi connectivity index (χ1v) is 9.07. The van der Waals surface area contributed by atoms with Gasteiger partial charge in [0.25, 0.3) is 0 Å². The van der Waals surface area contributed by atoms with Crippen molar-refractivity contribution in [3.63, 3.8) is 0 Å². The molecule has 0 spiro atoms. The number of hydrogen-bond donors (Lipinski definition) is 1. The summed E-state index contributed by atoms with van der Waals surface area (Å²) in [6, 6.07) is 0. The summed E-state index contributed by atoms with van der Waals surface area (Å²) in [5.74, 6) is -1.71. The lowest BCUT2D eigenvalue weighted by atomic mass is 9.76. The topological polar surface area (TPSA) is 103 Å². The van der Waals surface area contributed by atoms with Crippen molar-refractivity contribution >= 4 is 17.9 Å². The Balaban J connectivity index is 2.08. The Hall–Kier alpha value is -2.04. The highest BCUT2D eigenvalue weighted by Gasteiger charge is 2.59. The van der Waals surface area contributed by atoms with E-state index in [9.17, 15) is 22.8 Å². The van der Waals surface area contributed by atoms with Crippen LogP contribution in [0.15, 0.2) is 5.16 Å². The Labute approximate surface area is 161 Å². The van der Waals surface area contributed by atoms with Gasteiger partial charge in [-0.15, -0.1) is 0 Å². The van der Waals surface area contributed by atoms with Gasteiger partial charge in [-0.2, -0.15) is 13.2 Å². The standard InChI is InChI=1S/C17H26F3N3O5/c1-15(2,3)27-14(25)23-8-6-16(7-9-23,17(18,19)20)13(21)22-28-12(24)11-5-4-10-26-11/h11H,4-10H2,1-3H3,(H2,21,22). The number of oxime groups is 1. The summed E-state index contributed by atoms with van der Waals surface area (Å²) >= 11 is 0. The molecule has 28 heavy (non-hydrogen) atoms. The van der Waals surface area contributed by atoms with Gasteiger partial charge in [-0.3, -0.25) is 0 Å². The van der Waals surface area contributed by atoms with Crippen molar-refractivity contribution in [2.75, 3.05) is 19.7 Å². The van der Waals surface area contributed by atoms with Gasteiger partial charge in [-0.1, -0.05) is 5.16 Å². The highest BCUT2D eigenvalue weighted by molar-refractivity contribution is 5.88. The van der Waals surface area contributed by atoms with Gasteiger partial charge in [0.15, 0.2) is 11.9 Å². The molecular formula is C17H26F3N3O5. The van der Waals surface area contributed by atoms with Gasteiger partial charge in [0, 0.05) is 19.7 Å². The first-order valence-electron chi connectivity index (χ1n) is 9.07. The number of piperidine rings is 1. The SMILES string of the molecule is CC(C)(C)OC(=O)N1CCC(/C(N)=N/OC(=O)C2CCCO2)(C(F)(F)F)CC1. The summed E-state index contributed by atoms with van der Waals surface area (Å²) in [6.07, 6.45) is -6.20. The van der Waals surface area contributed by atoms with E-state index in [1.54, 1.807) is 20.8 Å². The average molecular weight is 409 g/mol. The molecule has 2 fully saturated rings. The van der Waals surface area contributed by atoms with Crippen molar-refractivity contribution in [1.82, 2.24) is 4.90 Å². The van der Waals surface area contributed by atoms with Crippen LogP contribution in [0.2, 0.25) is 0 Å². The summed E-state index contributed by atoms with van der Waals surface area (Å²) in [7, 11) is 0. The average Bonchev–Trinajstić information content (AvgIpc) is 3.11. The lowest BCUT2D eigenvalue weighted by Crippen LogP contribution is -2.56. The maximum Gasteiger partial charge on any atom is 0.410 e. The van der Waals surface area contributed by atoms with Crippen LogP contribution in [0.4, 0.5) is 18.0 Å². The Kier molecular flexibility index (Phi) is 6.47. The summed E-state index contributed by atoms with van der Waals surface area (Å²) < 4.78 is 51.7. The minimum atomic E-state index is -4.73. The van der Waals surface area contributed by atoms with Gasteiger partial charge < -0.3 is 24.9 Å². The zero-order valence-corrected chi connectivity index (χ0v) is 16.2. The molecule has 8 nitrogen and oxygen atoms in total. The number of likely N-dealkylation sites (tertiary alicyclic amines) is 1. The van der Waals surface area contributed by atoms with Gasteiger partial charge in [0.1, 0.15) is 11.0 Å². The molecule has 0 aromatic heterocycles. The van der Waals surface area contributed by atoms with Crippen molar-refractivity contribution in [1.29, 1.82) is 0 Å². The minimum Gasteiger partial charge on any atom is -0.444 e. The van der Waals surface area contributed by atoms with E-state index in [4.69, 9.17) is 15.2 Å². The molecule has 11 heteroatoms. The van der Waals surface area contributed by atoms with Gasteiger partial charge in [-0.25, -0.2) is 9.59 Å².